The highest BCUT2D eigenvalue weighted by Crippen LogP contribution is 2.24. The van der Waals surface area contributed by atoms with Crippen LogP contribution in [0.2, 0.25) is 5.02 Å². The average Bonchev–Trinajstić information content (AvgIpc) is 2.42. The van der Waals surface area contributed by atoms with Crippen LogP contribution in [0.25, 0.3) is 0 Å². The van der Waals surface area contributed by atoms with E-state index in [0.717, 1.165) is 6.54 Å². The molecular weight excluding hydrogens is 286 g/mol. The summed E-state index contributed by atoms with van der Waals surface area (Å²) in [5.41, 5.74) is 6.91. The fourth-order valence-corrected chi connectivity index (χ4v) is 3.11. The molecule has 3 N–H and O–H groups in total. The lowest BCUT2D eigenvalue weighted by molar-refractivity contribution is -0.116. The number of nitrogens with two attached hydrogens (primary N) is 1. The molecule has 2 atom stereocenters. The second-order valence-corrected chi connectivity index (χ2v) is 6.31. The van der Waals surface area contributed by atoms with Gasteiger partial charge in [0.05, 0.1) is 10.7 Å². The largest absolute Gasteiger partial charge is 0.397 e. The normalized spacial score (nSPS) is 23.0. The van der Waals surface area contributed by atoms with Gasteiger partial charge in [-0.1, -0.05) is 18.0 Å². The van der Waals surface area contributed by atoms with Crippen molar-refractivity contribution in [2.75, 3.05) is 17.6 Å². The van der Waals surface area contributed by atoms with Crippen LogP contribution in [0.15, 0.2) is 18.2 Å². The molecule has 2 unspecified atom stereocenters. The Labute approximate surface area is 131 Å². The molecule has 0 spiro atoms. The summed E-state index contributed by atoms with van der Waals surface area (Å²) in [7, 11) is 0. The molecule has 1 aliphatic rings. The summed E-state index contributed by atoms with van der Waals surface area (Å²) in [6.45, 7) is 5.29. The Morgan fingerprint density at radius 2 is 2.05 bits per heavy atom. The minimum absolute atomic E-state index is 0.0155. The predicted molar refractivity (Wildman–Crippen MR) is 88.6 cm³/mol. The second-order valence-electron chi connectivity index (χ2n) is 5.90. The number of piperidine rings is 1. The number of halogens is 1. The van der Waals surface area contributed by atoms with Gasteiger partial charge < -0.3 is 11.1 Å². The molecule has 116 valence electrons. The maximum absolute atomic E-state index is 12.1. The number of nitrogen functional groups attached to an aromatic ring is 1. The van der Waals surface area contributed by atoms with Crippen LogP contribution in [0.1, 0.15) is 39.5 Å². The van der Waals surface area contributed by atoms with Gasteiger partial charge in [-0.25, -0.2) is 0 Å². The molecule has 1 aliphatic heterocycles. The zero-order chi connectivity index (χ0) is 15.4. The van der Waals surface area contributed by atoms with Crippen LogP contribution in [-0.2, 0) is 4.79 Å². The van der Waals surface area contributed by atoms with Gasteiger partial charge in [-0.2, -0.15) is 0 Å². The van der Waals surface area contributed by atoms with E-state index in [1.165, 1.54) is 19.3 Å². The van der Waals surface area contributed by atoms with Crippen molar-refractivity contribution >= 4 is 28.9 Å². The SMILES string of the molecule is CC1CCCC(C)N1CCC(=O)Nc1ccc(Cl)c(N)c1. The van der Waals surface area contributed by atoms with Crippen LogP contribution in [-0.4, -0.2) is 29.4 Å². The van der Waals surface area contributed by atoms with Gasteiger partial charge >= 0.3 is 0 Å². The summed E-state index contributed by atoms with van der Waals surface area (Å²) in [5, 5.41) is 3.38. The fourth-order valence-electron chi connectivity index (χ4n) is 2.99. The third-order valence-corrected chi connectivity index (χ3v) is 4.60. The van der Waals surface area contributed by atoms with Crippen LogP contribution < -0.4 is 11.1 Å². The first kappa shape index (κ1) is 16.1. The van der Waals surface area contributed by atoms with Crippen LogP contribution in [0.4, 0.5) is 11.4 Å². The monoisotopic (exact) mass is 309 g/mol. The Morgan fingerprint density at radius 1 is 1.38 bits per heavy atom. The van der Waals surface area contributed by atoms with Crippen molar-refractivity contribution in [1.82, 2.24) is 4.90 Å². The van der Waals surface area contributed by atoms with Gasteiger partial charge in [0.15, 0.2) is 0 Å². The summed E-state index contributed by atoms with van der Waals surface area (Å²) in [6, 6.07) is 6.27. The Morgan fingerprint density at radius 3 is 2.67 bits per heavy atom. The van der Waals surface area contributed by atoms with Gasteiger partial charge in [-0.3, -0.25) is 9.69 Å². The maximum atomic E-state index is 12.1. The lowest BCUT2D eigenvalue weighted by Gasteiger charge is -2.38. The number of likely N-dealkylation sites (tertiary alicyclic amines) is 1. The summed E-state index contributed by atoms with van der Waals surface area (Å²) < 4.78 is 0. The van der Waals surface area contributed by atoms with Crippen molar-refractivity contribution in [3.05, 3.63) is 23.2 Å². The summed E-state index contributed by atoms with van der Waals surface area (Å²) >= 11 is 5.87. The molecule has 0 aliphatic carbocycles. The van der Waals surface area contributed by atoms with E-state index in [4.69, 9.17) is 17.3 Å². The molecule has 1 amide bonds. The molecule has 0 bridgehead atoms. The van der Waals surface area contributed by atoms with Gasteiger partial charge in [-0.15, -0.1) is 0 Å². The molecule has 4 nitrogen and oxygen atoms in total. The second kappa shape index (κ2) is 7.14. The molecule has 21 heavy (non-hydrogen) atoms. The molecular formula is C16H24ClN3O. The predicted octanol–water partition coefficient (Wildman–Crippen LogP) is 3.51. The minimum Gasteiger partial charge on any atom is -0.397 e. The maximum Gasteiger partial charge on any atom is 0.225 e. The van der Waals surface area contributed by atoms with Gasteiger partial charge in [0, 0.05) is 30.7 Å². The van der Waals surface area contributed by atoms with Gasteiger partial charge in [0.1, 0.15) is 0 Å². The molecule has 1 aromatic rings. The average molecular weight is 310 g/mol. The first-order chi connectivity index (χ1) is 9.97. The fraction of sp³-hybridized carbons (Fsp3) is 0.562. The van der Waals surface area contributed by atoms with Gasteiger partial charge in [0.25, 0.3) is 0 Å². The van der Waals surface area contributed by atoms with Crippen LogP contribution in [0.3, 0.4) is 0 Å². The highest BCUT2D eigenvalue weighted by atomic mass is 35.5. The number of anilines is 2. The van der Waals surface area contributed by atoms with E-state index in [2.05, 4.69) is 24.1 Å². The van der Waals surface area contributed by atoms with Crippen molar-refractivity contribution in [2.45, 2.75) is 51.6 Å². The lowest BCUT2D eigenvalue weighted by atomic mass is 9.97. The van der Waals surface area contributed by atoms with E-state index in [0.29, 0.717) is 34.9 Å². The van der Waals surface area contributed by atoms with Crippen molar-refractivity contribution in [3.63, 3.8) is 0 Å². The Balaban J connectivity index is 1.85. The smallest absolute Gasteiger partial charge is 0.225 e. The summed E-state index contributed by atoms with van der Waals surface area (Å²) in [4.78, 5) is 14.5. The molecule has 2 rings (SSSR count). The van der Waals surface area contributed by atoms with Crippen molar-refractivity contribution in [3.8, 4) is 0 Å². The number of nitrogens with one attached hydrogen (secondary N) is 1. The number of nitrogens with zero attached hydrogens (tertiary/aromatic N) is 1. The van der Waals surface area contributed by atoms with Crippen molar-refractivity contribution in [1.29, 1.82) is 0 Å². The van der Waals surface area contributed by atoms with Crippen molar-refractivity contribution in [2.24, 2.45) is 0 Å². The third-order valence-electron chi connectivity index (χ3n) is 4.25. The molecule has 1 fully saturated rings. The molecule has 1 aromatic carbocycles. The van der Waals surface area contributed by atoms with Crippen LogP contribution in [0.5, 0.6) is 0 Å². The van der Waals surface area contributed by atoms with E-state index in [1.807, 2.05) is 0 Å². The number of hydrogen-bond donors (Lipinski definition) is 2. The molecule has 1 heterocycles. The molecule has 5 heteroatoms. The standard InChI is InChI=1S/C16H24ClN3O/c1-11-4-3-5-12(2)20(11)9-8-16(21)19-13-6-7-14(17)15(18)10-13/h6-7,10-12H,3-5,8-9,18H2,1-2H3,(H,19,21). The Bertz CT molecular complexity index is 496. The minimum atomic E-state index is 0.0155. The molecule has 0 aromatic heterocycles. The quantitative estimate of drug-likeness (QED) is 0.837. The summed E-state index contributed by atoms with van der Waals surface area (Å²) in [6.07, 6.45) is 4.23. The van der Waals surface area contributed by atoms with E-state index >= 15 is 0 Å². The first-order valence-electron chi connectivity index (χ1n) is 7.58. The summed E-state index contributed by atoms with van der Waals surface area (Å²) in [5.74, 6) is 0.0155. The number of amides is 1. The molecule has 1 saturated heterocycles. The number of carbonyl (C=O) groups excluding carboxylic acids is 1. The molecule has 0 saturated carbocycles. The van der Waals surface area contributed by atoms with E-state index in [1.54, 1.807) is 18.2 Å². The van der Waals surface area contributed by atoms with Crippen molar-refractivity contribution < 1.29 is 4.79 Å². The Hall–Kier alpha value is -1.26. The van der Waals surface area contributed by atoms with Gasteiger partial charge in [-0.05, 0) is 44.9 Å². The van der Waals surface area contributed by atoms with E-state index in [-0.39, 0.29) is 5.91 Å². The van der Waals surface area contributed by atoms with Crippen LogP contribution >= 0.6 is 11.6 Å². The topological polar surface area (TPSA) is 58.4 Å². The van der Waals surface area contributed by atoms with E-state index in [9.17, 15) is 4.79 Å². The zero-order valence-electron chi connectivity index (χ0n) is 12.7. The number of benzene rings is 1. The number of hydrogen-bond acceptors (Lipinski definition) is 3. The van der Waals surface area contributed by atoms with Crippen LogP contribution in [0, 0.1) is 0 Å². The highest BCUT2D eigenvalue weighted by Gasteiger charge is 2.24. The zero-order valence-corrected chi connectivity index (χ0v) is 13.5. The van der Waals surface area contributed by atoms with Gasteiger partial charge in [0.2, 0.25) is 5.91 Å². The highest BCUT2D eigenvalue weighted by molar-refractivity contribution is 6.33. The Kier molecular flexibility index (Phi) is 5.48. The number of carbonyl (C=O) groups is 1. The first-order valence-corrected chi connectivity index (χ1v) is 7.96. The third kappa shape index (κ3) is 4.35. The lowest BCUT2D eigenvalue weighted by Crippen LogP contribution is -2.44. The van der Waals surface area contributed by atoms with E-state index < -0.39 is 0 Å². The number of rotatable bonds is 4. The molecule has 0 radical (unpaired) electrons.